The highest BCUT2D eigenvalue weighted by atomic mass is 16.5. The molecule has 0 radical (unpaired) electrons. The van der Waals surface area contributed by atoms with Crippen molar-refractivity contribution in [2.24, 2.45) is 0 Å². The first kappa shape index (κ1) is 14.1. The van der Waals surface area contributed by atoms with E-state index in [1.807, 2.05) is 0 Å². The van der Waals surface area contributed by atoms with Crippen molar-refractivity contribution in [3.05, 3.63) is 30.1 Å². The van der Waals surface area contributed by atoms with Crippen LogP contribution >= 0.6 is 0 Å². The van der Waals surface area contributed by atoms with Crippen molar-refractivity contribution in [3.8, 4) is 5.75 Å². The van der Waals surface area contributed by atoms with Crippen LogP contribution in [0.3, 0.4) is 0 Å². The number of amides is 2. The summed E-state index contributed by atoms with van der Waals surface area (Å²) in [5.74, 6) is 0.924. The zero-order valence-corrected chi connectivity index (χ0v) is 12.2. The van der Waals surface area contributed by atoms with Crippen molar-refractivity contribution in [2.75, 3.05) is 17.7 Å². The fourth-order valence-electron chi connectivity index (χ4n) is 2.27. The van der Waals surface area contributed by atoms with Gasteiger partial charge in [-0.15, -0.1) is 0 Å². The van der Waals surface area contributed by atoms with E-state index in [0.717, 1.165) is 0 Å². The number of nitrogens with zero attached hydrogens (tertiary/aromatic N) is 3. The number of methoxy groups -OCH3 is 1. The Morgan fingerprint density at radius 1 is 1.41 bits per heavy atom. The number of rotatable bonds is 3. The molecule has 0 fully saturated rings. The Bertz CT molecular complexity index is 723. The molecule has 0 bridgehead atoms. The van der Waals surface area contributed by atoms with Gasteiger partial charge in [-0.2, -0.15) is 10.1 Å². The molecule has 22 heavy (non-hydrogen) atoms. The van der Waals surface area contributed by atoms with Crippen LogP contribution in [0.2, 0.25) is 0 Å². The summed E-state index contributed by atoms with van der Waals surface area (Å²) >= 11 is 0. The molecule has 0 aliphatic carbocycles. The number of carbonyl (C=O) groups excluding carboxylic acids is 2. The summed E-state index contributed by atoms with van der Waals surface area (Å²) in [5, 5.41) is 9.54. The standard InChI is InChI=1S/C14H15N5O3/c1-8-15-14-17-12(20)7-11(19(14)18-8)13(21)16-9-3-5-10(22-2)6-4-9/h3-6,11H,7H2,1-2H3,(H,16,21)(H,15,17,18,20)/t11-/m0/s1. The second-order valence-corrected chi connectivity index (χ2v) is 4.91. The minimum Gasteiger partial charge on any atom is -0.497 e. The number of anilines is 2. The molecule has 8 nitrogen and oxygen atoms in total. The number of aromatic nitrogens is 3. The van der Waals surface area contributed by atoms with Crippen LogP contribution in [0.15, 0.2) is 24.3 Å². The molecular formula is C14H15N5O3. The van der Waals surface area contributed by atoms with E-state index in [9.17, 15) is 9.59 Å². The highest BCUT2D eigenvalue weighted by molar-refractivity contribution is 6.00. The summed E-state index contributed by atoms with van der Waals surface area (Å²) in [7, 11) is 1.57. The van der Waals surface area contributed by atoms with E-state index < -0.39 is 6.04 Å². The van der Waals surface area contributed by atoms with Gasteiger partial charge >= 0.3 is 0 Å². The van der Waals surface area contributed by atoms with Gasteiger partial charge in [-0.25, -0.2) is 4.68 Å². The number of benzene rings is 1. The van der Waals surface area contributed by atoms with E-state index >= 15 is 0 Å². The Morgan fingerprint density at radius 2 is 2.14 bits per heavy atom. The highest BCUT2D eigenvalue weighted by Gasteiger charge is 2.32. The number of hydrogen-bond donors (Lipinski definition) is 2. The summed E-state index contributed by atoms with van der Waals surface area (Å²) in [4.78, 5) is 28.2. The molecule has 8 heteroatoms. The van der Waals surface area contributed by atoms with Gasteiger partial charge in [0.15, 0.2) is 0 Å². The molecule has 2 heterocycles. The largest absolute Gasteiger partial charge is 0.497 e. The summed E-state index contributed by atoms with van der Waals surface area (Å²) < 4.78 is 6.51. The number of hydrogen-bond acceptors (Lipinski definition) is 5. The predicted octanol–water partition coefficient (Wildman–Crippen LogP) is 1.12. The lowest BCUT2D eigenvalue weighted by Crippen LogP contribution is -2.36. The van der Waals surface area contributed by atoms with Crippen LogP contribution in [0.25, 0.3) is 0 Å². The molecule has 2 aromatic rings. The quantitative estimate of drug-likeness (QED) is 0.885. The number of fused-ring (bicyclic) bond motifs is 1. The smallest absolute Gasteiger partial charge is 0.249 e. The molecular weight excluding hydrogens is 286 g/mol. The summed E-state index contributed by atoms with van der Waals surface area (Å²) in [6.07, 6.45) is 0.0256. The van der Waals surface area contributed by atoms with Gasteiger partial charge in [-0.1, -0.05) is 0 Å². The number of aryl methyl sites for hydroxylation is 1. The molecule has 3 rings (SSSR count). The maximum atomic E-state index is 12.4. The van der Waals surface area contributed by atoms with E-state index in [1.165, 1.54) is 4.68 Å². The van der Waals surface area contributed by atoms with E-state index in [4.69, 9.17) is 4.74 Å². The molecule has 0 spiro atoms. The Labute approximate surface area is 126 Å². The van der Waals surface area contributed by atoms with Crippen molar-refractivity contribution in [1.82, 2.24) is 14.8 Å². The van der Waals surface area contributed by atoms with Crippen LogP contribution in [0.1, 0.15) is 18.3 Å². The topological polar surface area (TPSA) is 98.1 Å². The lowest BCUT2D eigenvalue weighted by molar-refractivity contribution is -0.125. The van der Waals surface area contributed by atoms with Crippen molar-refractivity contribution in [2.45, 2.75) is 19.4 Å². The summed E-state index contributed by atoms with van der Waals surface area (Å²) in [6, 6.07) is 6.23. The molecule has 0 saturated heterocycles. The third-order valence-corrected chi connectivity index (χ3v) is 3.32. The molecule has 1 atom stereocenters. The highest BCUT2D eigenvalue weighted by Crippen LogP contribution is 2.24. The van der Waals surface area contributed by atoms with Gasteiger partial charge in [0.2, 0.25) is 17.8 Å². The molecule has 114 valence electrons. The Balaban J connectivity index is 1.80. The summed E-state index contributed by atoms with van der Waals surface area (Å²) in [6.45, 7) is 1.70. The van der Waals surface area contributed by atoms with E-state index in [1.54, 1.807) is 38.3 Å². The van der Waals surface area contributed by atoms with Crippen LogP contribution in [0, 0.1) is 6.92 Å². The molecule has 0 unspecified atom stereocenters. The van der Waals surface area contributed by atoms with Gasteiger partial charge in [0, 0.05) is 5.69 Å². The second kappa shape index (κ2) is 5.47. The minimum atomic E-state index is -0.716. The van der Waals surface area contributed by atoms with Crippen LogP contribution in [0.5, 0.6) is 5.75 Å². The monoisotopic (exact) mass is 301 g/mol. The first-order valence-electron chi connectivity index (χ1n) is 6.75. The molecule has 1 aromatic heterocycles. The maximum Gasteiger partial charge on any atom is 0.249 e. The molecule has 2 N–H and O–H groups in total. The number of ether oxygens (including phenoxy) is 1. The number of nitrogens with one attached hydrogen (secondary N) is 2. The normalized spacial score (nSPS) is 16.6. The zero-order chi connectivity index (χ0) is 15.7. The van der Waals surface area contributed by atoms with Gasteiger partial charge < -0.3 is 10.1 Å². The van der Waals surface area contributed by atoms with Gasteiger partial charge in [0.05, 0.1) is 13.5 Å². The first-order chi connectivity index (χ1) is 10.6. The van der Waals surface area contributed by atoms with Gasteiger partial charge in [-0.05, 0) is 31.2 Å². The van der Waals surface area contributed by atoms with Crippen molar-refractivity contribution in [1.29, 1.82) is 0 Å². The Morgan fingerprint density at radius 3 is 2.82 bits per heavy atom. The third-order valence-electron chi connectivity index (χ3n) is 3.32. The van der Waals surface area contributed by atoms with Gasteiger partial charge in [0.1, 0.15) is 17.6 Å². The Hall–Kier alpha value is -2.90. The van der Waals surface area contributed by atoms with E-state index in [2.05, 4.69) is 20.7 Å². The third kappa shape index (κ3) is 2.62. The SMILES string of the molecule is COc1ccc(NC(=O)[C@@H]2CC(=O)Nc3nc(C)nn32)cc1. The van der Waals surface area contributed by atoms with Crippen molar-refractivity contribution >= 4 is 23.5 Å². The fraction of sp³-hybridized carbons (Fsp3) is 0.286. The molecule has 1 aliphatic rings. The zero-order valence-electron chi connectivity index (χ0n) is 12.2. The predicted molar refractivity (Wildman–Crippen MR) is 78.7 cm³/mol. The minimum absolute atomic E-state index is 0.0256. The van der Waals surface area contributed by atoms with Crippen LogP contribution in [-0.4, -0.2) is 33.7 Å². The second-order valence-electron chi connectivity index (χ2n) is 4.91. The molecule has 0 saturated carbocycles. The lowest BCUT2D eigenvalue weighted by atomic mass is 10.1. The molecule has 2 amide bonds. The lowest BCUT2D eigenvalue weighted by Gasteiger charge is -2.22. The average molecular weight is 301 g/mol. The van der Waals surface area contributed by atoms with Gasteiger partial charge in [0.25, 0.3) is 0 Å². The van der Waals surface area contributed by atoms with Crippen LogP contribution in [0.4, 0.5) is 11.6 Å². The van der Waals surface area contributed by atoms with Crippen LogP contribution in [-0.2, 0) is 9.59 Å². The fourth-order valence-corrected chi connectivity index (χ4v) is 2.27. The van der Waals surface area contributed by atoms with Crippen LogP contribution < -0.4 is 15.4 Å². The van der Waals surface area contributed by atoms with Crippen molar-refractivity contribution in [3.63, 3.8) is 0 Å². The van der Waals surface area contributed by atoms with Gasteiger partial charge in [-0.3, -0.25) is 14.9 Å². The van der Waals surface area contributed by atoms with E-state index in [0.29, 0.717) is 23.2 Å². The maximum absolute atomic E-state index is 12.4. The first-order valence-corrected chi connectivity index (χ1v) is 6.75. The molecule has 1 aliphatic heterocycles. The van der Waals surface area contributed by atoms with Crippen molar-refractivity contribution < 1.29 is 14.3 Å². The molecule has 1 aromatic carbocycles. The average Bonchev–Trinajstić information content (AvgIpc) is 2.87. The Kier molecular flexibility index (Phi) is 3.50. The number of carbonyl (C=O) groups is 2. The summed E-state index contributed by atoms with van der Waals surface area (Å²) in [5.41, 5.74) is 0.621. The van der Waals surface area contributed by atoms with E-state index in [-0.39, 0.29) is 18.2 Å².